The predicted octanol–water partition coefficient (Wildman–Crippen LogP) is 3.62. The summed E-state index contributed by atoms with van der Waals surface area (Å²) < 4.78 is 2.27. The molecule has 2 aromatic rings. The first-order valence-electron chi connectivity index (χ1n) is 4.12. The smallest absolute Gasteiger partial charge is 0.221 e. The minimum absolute atomic E-state index is 0.0417. The lowest BCUT2D eigenvalue weighted by Gasteiger charge is -2.00. The van der Waals surface area contributed by atoms with Gasteiger partial charge >= 0.3 is 0 Å². The van der Waals surface area contributed by atoms with Gasteiger partial charge in [-0.2, -0.15) is 0 Å². The molecule has 1 amide bonds. The van der Waals surface area contributed by atoms with Crippen molar-refractivity contribution in [1.82, 2.24) is 0 Å². The molecule has 0 fully saturated rings. The van der Waals surface area contributed by atoms with Crippen LogP contribution in [0.1, 0.15) is 6.92 Å². The molecule has 0 unspecified atom stereocenters. The maximum absolute atomic E-state index is 10.8. The van der Waals surface area contributed by atoms with Crippen LogP contribution in [-0.4, -0.2) is 5.91 Å². The molecule has 1 heterocycles. The zero-order valence-electron chi connectivity index (χ0n) is 7.50. The van der Waals surface area contributed by atoms with E-state index in [-0.39, 0.29) is 5.91 Å². The lowest BCUT2D eigenvalue weighted by atomic mass is 10.2. The molecule has 14 heavy (non-hydrogen) atoms. The molecule has 0 saturated carbocycles. The summed E-state index contributed by atoms with van der Waals surface area (Å²) >= 11 is 5.09. The first kappa shape index (κ1) is 9.68. The molecular formula is C10H8BrNOS. The Kier molecular flexibility index (Phi) is 2.56. The number of hydrogen-bond acceptors (Lipinski definition) is 2. The summed E-state index contributed by atoms with van der Waals surface area (Å²) in [7, 11) is 0. The Morgan fingerprint density at radius 2 is 2.21 bits per heavy atom. The Morgan fingerprint density at radius 3 is 2.93 bits per heavy atom. The molecular weight excluding hydrogens is 262 g/mol. The molecule has 0 spiro atoms. The first-order valence-corrected chi connectivity index (χ1v) is 5.73. The molecule has 1 aromatic heterocycles. The van der Waals surface area contributed by atoms with Crippen LogP contribution in [0.5, 0.6) is 0 Å². The van der Waals surface area contributed by atoms with Crippen molar-refractivity contribution >= 4 is 48.9 Å². The number of benzene rings is 1. The molecule has 0 radical (unpaired) electrons. The maximum Gasteiger partial charge on any atom is 0.221 e. The molecule has 0 aliphatic carbocycles. The zero-order valence-corrected chi connectivity index (χ0v) is 9.91. The highest BCUT2D eigenvalue weighted by atomic mass is 79.9. The van der Waals surface area contributed by atoms with Gasteiger partial charge in [-0.3, -0.25) is 4.79 Å². The largest absolute Gasteiger partial charge is 0.326 e. The fraction of sp³-hybridized carbons (Fsp3) is 0.100. The standard InChI is InChI=1S/C10H8BrNOS/c1-6(13)12-8-3-2-7-4-10(11)14-9(7)5-8/h2-5H,1H3,(H,12,13). The van der Waals surface area contributed by atoms with Crippen molar-refractivity contribution in [2.24, 2.45) is 0 Å². The SMILES string of the molecule is CC(=O)Nc1ccc2cc(Br)sc2c1. The third-order valence-corrected chi connectivity index (χ3v) is 3.41. The van der Waals surface area contributed by atoms with Gasteiger partial charge in [0.05, 0.1) is 3.79 Å². The van der Waals surface area contributed by atoms with Gasteiger partial charge in [-0.25, -0.2) is 0 Å². The molecule has 72 valence electrons. The fourth-order valence-electron chi connectivity index (χ4n) is 1.28. The van der Waals surface area contributed by atoms with Crippen LogP contribution in [0.4, 0.5) is 5.69 Å². The van der Waals surface area contributed by atoms with Crippen molar-refractivity contribution in [3.05, 3.63) is 28.1 Å². The maximum atomic E-state index is 10.8. The summed E-state index contributed by atoms with van der Waals surface area (Å²) in [6, 6.07) is 7.95. The Bertz CT molecular complexity index is 492. The summed E-state index contributed by atoms with van der Waals surface area (Å²) in [5.74, 6) is -0.0417. The Labute approximate surface area is 94.1 Å². The van der Waals surface area contributed by atoms with E-state index >= 15 is 0 Å². The number of fused-ring (bicyclic) bond motifs is 1. The van der Waals surface area contributed by atoms with Crippen LogP contribution in [0.3, 0.4) is 0 Å². The third kappa shape index (κ3) is 1.96. The van der Waals surface area contributed by atoms with Gasteiger partial charge in [-0.15, -0.1) is 11.3 Å². The molecule has 1 aromatic carbocycles. The topological polar surface area (TPSA) is 29.1 Å². The van der Waals surface area contributed by atoms with Gasteiger partial charge in [0.15, 0.2) is 0 Å². The van der Waals surface area contributed by atoms with Crippen molar-refractivity contribution in [3.63, 3.8) is 0 Å². The van der Waals surface area contributed by atoms with Gasteiger partial charge in [0.2, 0.25) is 5.91 Å². The molecule has 1 N–H and O–H groups in total. The third-order valence-electron chi connectivity index (χ3n) is 1.81. The number of thiophene rings is 1. The van der Waals surface area contributed by atoms with Crippen LogP contribution in [-0.2, 0) is 4.79 Å². The molecule has 0 aliphatic heterocycles. The van der Waals surface area contributed by atoms with Crippen LogP contribution in [0.25, 0.3) is 10.1 Å². The number of anilines is 1. The Hall–Kier alpha value is -0.870. The summed E-state index contributed by atoms with van der Waals surface area (Å²) in [5.41, 5.74) is 0.847. The van der Waals surface area contributed by atoms with Crippen LogP contribution in [0.15, 0.2) is 28.1 Å². The molecule has 0 aliphatic rings. The Morgan fingerprint density at radius 1 is 1.43 bits per heavy atom. The van der Waals surface area contributed by atoms with Crippen molar-refractivity contribution in [2.75, 3.05) is 5.32 Å². The van der Waals surface area contributed by atoms with Gasteiger partial charge in [0.1, 0.15) is 0 Å². The monoisotopic (exact) mass is 269 g/mol. The van der Waals surface area contributed by atoms with E-state index in [1.54, 1.807) is 11.3 Å². The molecule has 0 atom stereocenters. The van der Waals surface area contributed by atoms with Crippen LogP contribution in [0.2, 0.25) is 0 Å². The predicted molar refractivity (Wildman–Crippen MR) is 63.8 cm³/mol. The summed E-state index contributed by atoms with van der Waals surface area (Å²) in [6.07, 6.45) is 0. The second-order valence-electron chi connectivity index (χ2n) is 2.98. The number of nitrogens with one attached hydrogen (secondary N) is 1. The number of carbonyl (C=O) groups is 1. The summed E-state index contributed by atoms with van der Waals surface area (Å²) in [6.45, 7) is 1.51. The fourth-order valence-corrected chi connectivity index (χ4v) is 2.88. The minimum Gasteiger partial charge on any atom is -0.326 e. The number of hydrogen-bond donors (Lipinski definition) is 1. The highest BCUT2D eigenvalue weighted by Gasteiger charge is 2.01. The molecule has 2 rings (SSSR count). The number of halogens is 1. The van der Waals surface area contributed by atoms with Crippen molar-refractivity contribution in [1.29, 1.82) is 0 Å². The number of carbonyl (C=O) groups excluding carboxylic acids is 1. The van der Waals surface area contributed by atoms with E-state index in [1.807, 2.05) is 18.2 Å². The molecule has 0 saturated heterocycles. The second kappa shape index (κ2) is 3.71. The van der Waals surface area contributed by atoms with E-state index in [4.69, 9.17) is 0 Å². The van der Waals surface area contributed by atoms with Crippen molar-refractivity contribution in [3.8, 4) is 0 Å². The van der Waals surface area contributed by atoms with Crippen molar-refractivity contribution in [2.45, 2.75) is 6.92 Å². The van der Waals surface area contributed by atoms with E-state index in [9.17, 15) is 4.79 Å². The van der Waals surface area contributed by atoms with E-state index in [0.29, 0.717) is 0 Å². The van der Waals surface area contributed by atoms with E-state index in [2.05, 4.69) is 27.3 Å². The van der Waals surface area contributed by atoms with Gasteiger partial charge in [-0.05, 0) is 39.5 Å². The van der Waals surface area contributed by atoms with Crippen LogP contribution >= 0.6 is 27.3 Å². The van der Waals surface area contributed by atoms with E-state index < -0.39 is 0 Å². The zero-order chi connectivity index (χ0) is 10.1. The summed E-state index contributed by atoms with van der Waals surface area (Å²) in [5, 5.41) is 3.95. The van der Waals surface area contributed by atoms with Gasteiger partial charge in [0.25, 0.3) is 0 Å². The molecule has 2 nitrogen and oxygen atoms in total. The summed E-state index contributed by atoms with van der Waals surface area (Å²) in [4.78, 5) is 10.8. The lowest BCUT2D eigenvalue weighted by Crippen LogP contribution is -2.04. The first-order chi connectivity index (χ1) is 6.65. The van der Waals surface area contributed by atoms with Crippen LogP contribution < -0.4 is 5.32 Å². The van der Waals surface area contributed by atoms with Crippen molar-refractivity contribution < 1.29 is 4.79 Å². The molecule has 0 bridgehead atoms. The lowest BCUT2D eigenvalue weighted by molar-refractivity contribution is -0.114. The van der Waals surface area contributed by atoms with E-state index in [1.165, 1.54) is 17.0 Å². The normalized spacial score (nSPS) is 10.4. The van der Waals surface area contributed by atoms with Gasteiger partial charge in [-0.1, -0.05) is 6.07 Å². The van der Waals surface area contributed by atoms with Gasteiger partial charge in [0, 0.05) is 17.3 Å². The van der Waals surface area contributed by atoms with E-state index in [0.717, 1.165) is 9.47 Å². The number of rotatable bonds is 1. The minimum atomic E-state index is -0.0417. The quantitative estimate of drug-likeness (QED) is 0.842. The molecule has 4 heteroatoms. The average Bonchev–Trinajstić information content (AvgIpc) is 2.42. The highest BCUT2D eigenvalue weighted by Crippen LogP contribution is 2.31. The van der Waals surface area contributed by atoms with Crippen LogP contribution in [0, 0.1) is 0 Å². The average molecular weight is 270 g/mol. The number of amides is 1. The van der Waals surface area contributed by atoms with Gasteiger partial charge < -0.3 is 5.32 Å². The second-order valence-corrected chi connectivity index (χ2v) is 5.45. The Balaban J connectivity index is 2.45. The highest BCUT2D eigenvalue weighted by molar-refractivity contribution is 9.11.